The molecule has 1 aromatic carbocycles. The minimum atomic E-state index is -0.444. The molecule has 3 atom stereocenters. The van der Waals surface area contributed by atoms with E-state index < -0.39 is 4.92 Å². The van der Waals surface area contributed by atoms with E-state index in [1.807, 2.05) is 0 Å². The first kappa shape index (κ1) is 17.5. The topological polar surface area (TPSA) is 97.7 Å². The third kappa shape index (κ3) is 3.25. The predicted molar refractivity (Wildman–Crippen MR) is 100 cm³/mol. The molecule has 1 aromatic heterocycles. The number of carbonyl (C=O) groups excluding carboxylic acids is 1. The summed E-state index contributed by atoms with van der Waals surface area (Å²) in [6.07, 6.45) is 6.10. The molecule has 2 saturated carbocycles. The molecule has 1 heterocycles. The third-order valence-electron chi connectivity index (χ3n) is 5.95. The van der Waals surface area contributed by atoms with Crippen LogP contribution in [0.1, 0.15) is 38.4 Å². The van der Waals surface area contributed by atoms with E-state index in [1.165, 1.54) is 31.2 Å². The average molecular weight is 367 g/mol. The van der Waals surface area contributed by atoms with Crippen molar-refractivity contribution in [1.29, 1.82) is 0 Å². The van der Waals surface area contributed by atoms with Crippen LogP contribution >= 0.6 is 0 Å². The molecular formula is C20H21N3O4. The number of furan rings is 1. The van der Waals surface area contributed by atoms with Gasteiger partial charge in [0.25, 0.3) is 5.69 Å². The molecule has 1 amide bonds. The van der Waals surface area contributed by atoms with Crippen molar-refractivity contribution in [2.75, 3.05) is 0 Å². The zero-order chi connectivity index (χ0) is 19.0. The summed E-state index contributed by atoms with van der Waals surface area (Å²) in [4.78, 5) is 22.8. The molecule has 0 unspecified atom stereocenters. The molecule has 7 heteroatoms. The van der Waals surface area contributed by atoms with Gasteiger partial charge < -0.3 is 4.42 Å². The molecule has 140 valence electrons. The molecule has 7 nitrogen and oxygen atoms in total. The first-order valence-electron chi connectivity index (χ1n) is 9.16. The molecule has 0 saturated heterocycles. The number of non-ortho nitro benzene ring substituents is 1. The fourth-order valence-electron chi connectivity index (χ4n) is 4.43. The Labute approximate surface area is 156 Å². The second-order valence-electron chi connectivity index (χ2n) is 7.58. The summed E-state index contributed by atoms with van der Waals surface area (Å²) >= 11 is 0. The third-order valence-corrected chi connectivity index (χ3v) is 5.95. The number of nitrogens with one attached hydrogen (secondary N) is 1. The lowest BCUT2D eigenvalue weighted by molar-refractivity contribution is -0.384. The van der Waals surface area contributed by atoms with Gasteiger partial charge in [0.2, 0.25) is 5.91 Å². The van der Waals surface area contributed by atoms with Crippen LogP contribution in [0.3, 0.4) is 0 Å². The van der Waals surface area contributed by atoms with E-state index in [4.69, 9.17) is 4.42 Å². The van der Waals surface area contributed by atoms with Crippen molar-refractivity contribution in [2.45, 2.75) is 32.6 Å². The molecule has 27 heavy (non-hydrogen) atoms. The number of hydrogen-bond donors (Lipinski definition) is 1. The lowest BCUT2D eigenvalue weighted by atomic mass is 9.90. The van der Waals surface area contributed by atoms with E-state index in [0.717, 1.165) is 12.8 Å². The Morgan fingerprint density at radius 1 is 1.37 bits per heavy atom. The van der Waals surface area contributed by atoms with E-state index in [0.29, 0.717) is 23.0 Å². The number of hydrazone groups is 1. The number of nitrogens with zero attached hydrogens (tertiary/aromatic N) is 2. The molecule has 1 N–H and O–H groups in total. The quantitative estimate of drug-likeness (QED) is 0.488. The van der Waals surface area contributed by atoms with Gasteiger partial charge in [-0.25, -0.2) is 5.43 Å². The van der Waals surface area contributed by atoms with Crippen molar-refractivity contribution >= 4 is 17.8 Å². The van der Waals surface area contributed by atoms with Crippen LogP contribution in [0, 0.1) is 27.4 Å². The first-order chi connectivity index (χ1) is 13.0. The highest BCUT2D eigenvalue weighted by atomic mass is 16.6. The monoisotopic (exact) mass is 367 g/mol. The molecule has 0 spiro atoms. The Morgan fingerprint density at radius 3 is 2.96 bits per heavy atom. The fourth-order valence-corrected chi connectivity index (χ4v) is 4.43. The summed E-state index contributed by atoms with van der Waals surface area (Å²) in [5.41, 5.74) is 3.40. The normalized spacial score (nSPS) is 26.6. The maximum absolute atomic E-state index is 12.4. The van der Waals surface area contributed by atoms with E-state index >= 15 is 0 Å². The van der Waals surface area contributed by atoms with E-state index in [9.17, 15) is 14.9 Å². The number of nitro benzene ring substituents is 1. The van der Waals surface area contributed by atoms with Crippen LogP contribution in [0.25, 0.3) is 11.3 Å². The Kier molecular flexibility index (Phi) is 4.30. The number of rotatable bonds is 5. The van der Waals surface area contributed by atoms with Crippen molar-refractivity contribution in [3.8, 4) is 11.3 Å². The van der Waals surface area contributed by atoms with Gasteiger partial charge in [0, 0.05) is 23.6 Å². The number of hydrogen-bond acceptors (Lipinski definition) is 5. The van der Waals surface area contributed by atoms with Gasteiger partial charge in [-0.1, -0.05) is 31.9 Å². The van der Waals surface area contributed by atoms with Crippen LogP contribution in [-0.2, 0) is 4.79 Å². The maximum Gasteiger partial charge on any atom is 0.270 e. The molecule has 0 aliphatic heterocycles. The van der Waals surface area contributed by atoms with Crippen LogP contribution in [0.5, 0.6) is 0 Å². The summed E-state index contributed by atoms with van der Waals surface area (Å²) in [7, 11) is 0. The van der Waals surface area contributed by atoms with Crippen molar-refractivity contribution in [1.82, 2.24) is 5.43 Å². The minimum absolute atomic E-state index is 0.00535. The Morgan fingerprint density at radius 2 is 2.22 bits per heavy atom. The van der Waals surface area contributed by atoms with Crippen LogP contribution in [0.2, 0.25) is 0 Å². The number of carbonyl (C=O) groups is 1. The van der Waals surface area contributed by atoms with E-state index in [2.05, 4.69) is 17.5 Å². The van der Waals surface area contributed by atoms with Gasteiger partial charge in [-0.2, -0.15) is 5.10 Å². The largest absolute Gasteiger partial charge is 0.455 e. The van der Waals surface area contributed by atoms with Crippen molar-refractivity contribution < 1.29 is 14.1 Å². The summed E-state index contributed by atoms with van der Waals surface area (Å²) < 4.78 is 5.65. The number of amides is 1. The van der Waals surface area contributed by atoms with Gasteiger partial charge in [-0.05, 0) is 36.3 Å². The Balaban J connectivity index is 1.39. The fraction of sp³-hybridized carbons (Fsp3) is 0.400. The van der Waals surface area contributed by atoms with Gasteiger partial charge in [-0.15, -0.1) is 0 Å². The van der Waals surface area contributed by atoms with Crippen LogP contribution < -0.4 is 5.43 Å². The minimum Gasteiger partial charge on any atom is -0.455 e. The molecule has 2 fully saturated rings. The second-order valence-corrected chi connectivity index (χ2v) is 7.58. The Hall–Kier alpha value is -2.96. The second kappa shape index (κ2) is 6.64. The highest BCUT2D eigenvalue weighted by Crippen LogP contribution is 2.66. The summed E-state index contributed by atoms with van der Waals surface area (Å²) in [5.74, 6) is 1.51. The zero-order valence-corrected chi connectivity index (χ0v) is 15.1. The maximum atomic E-state index is 12.4. The van der Waals surface area contributed by atoms with Crippen molar-refractivity contribution in [3.05, 3.63) is 52.3 Å². The van der Waals surface area contributed by atoms with Crippen LogP contribution in [-0.4, -0.2) is 17.0 Å². The summed E-state index contributed by atoms with van der Waals surface area (Å²) in [5, 5.41) is 14.9. The van der Waals surface area contributed by atoms with E-state index in [-0.39, 0.29) is 22.9 Å². The predicted octanol–water partition coefficient (Wildman–Crippen LogP) is 4.13. The molecule has 2 aromatic rings. The highest BCUT2D eigenvalue weighted by molar-refractivity contribution is 5.85. The lowest BCUT2D eigenvalue weighted by Crippen LogP contribution is -2.22. The zero-order valence-electron chi connectivity index (χ0n) is 15.1. The molecule has 0 bridgehead atoms. The number of nitro groups is 1. The van der Waals surface area contributed by atoms with Gasteiger partial charge in [0.15, 0.2) is 0 Å². The van der Waals surface area contributed by atoms with E-state index in [1.54, 1.807) is 24.3 Å². The van der Waals surface area contributed by atoms with Crippen LogP contribution in [0.15, 0.2) is 45.9 Å². The highest BCUT2D eigenvalue weighted by Gasteiger charge is 2.64. The molecule has 4 rings (SSSR count). The van der Waals surface area contributed by atoms with Crippen molar-refractivity contribution in [3.63, 3.8) is 0 Å². The first-order valence-corrected chi connectivity index (χ1v) is 9.16. The van der Waals surface area contributed by atoms with Gasteiger partial charge in [0.05, 0.1) is 11.1 Å². The molecule has 2 aliphatic carbocycles. The smallest absolute Gasteiger partial charge is 0.270 e. The molecular weight excluding hydrogens is 346 g/mol. The molecule has 2 aliphatic rings. The average Bonchev–Trinajstić information content (AvgIpc) is 3.03. The SMILES string of the molecule is C[C@]12CCCC[C@H]1[C@H]2C(=O)N/N=C/c1ccc(-c2cccc([N+](=O)[O-])c2)o1. The standard InChI is InChI=1S/C20H21N3O4/c1-20-10-3-2-7-16(20)18(20)19(24)22-21-12-15-8-9-17(27-15)13-5-4-6-14(11-13)23(25)26/h4-6,8-9,11-12,16,18H,2-3,7,10H2,1H3,(H,22,24)/b21-12+/t16-,18-,20-/m0/s1. The van der Waals surface area contributed by atoms with Gasteiger partial charge in [0.1, 0.15) is 11.5 Å². The summed E-state index contributed by atoms with van der Waals surface area (Å²) in [6, 6.07) is 9.67. The van der Waals surface area contributed by atoms with Crippen LogP contribution in [0.4, 0.5) is 5.69 Å². The lowest BCUT2D eigenvalue weighted by Gasteiger charge is -2.15. The number of fused-ring (bicyclic) bond motifs is 1. The van der Waals surface area contributed by atoms with Gasteiger partial charge in [-0.3, -0.25) is 14.9 Å². The Bertz CT molecular complexity index is 919. The van der Waals surface area contributed by atoms with Gasteiger partial charge >= 0.3 is 0 Å². The summed E-state index contributed by atoms with van der Waals surface area (Å²) in [6.45, 7) is 2.20. The molecule has 0 radical (unpaired) electrons. The number of benzene rings is 1. The van der Waals surface area contributed by atoms with Crippen molar-refractivity contribution in [2.24, 2.45) is 22.4 Å².